The van der Waals surface area contributed by atoms with Crippen molar-refractivity contribution >= 4 is 16.3 Å². The van der Waals surface area contributed by atoms with Crippen molar-refractivity contribution in [1.29, 1.82) is 0 Å². The number of rotatable bonds is 39. The Labute approximate surface area is 346 Å². The van der Waals surface area contributed by atoms with E-state index in [1.807, 2.05) is 0 Å². The number of amides is 1. The molecule has 8 atom stereocenters. The molecule has 0 aliphatic carbocycles. The number of carbonyl (C=O) groups excluding carboxylic acids is 1. The zero-order chi connectivity index (χ0) is 42.2. The van der Waals surface area contributed by atoms with Crippen LogP contribution in [0.2, 0.25) is 0 Å². The van der Waals surface area contributed by atoms with E-state index in [1.54, 1.807) is 0 Å². The Morgan fingerprint density at radius 3 is 1.40 bits per heavy atom. The number of carbonyl (C=O) groups is 1. The summed E-state index contributed by atoms with van der Waals surface area (Å²) in [5.41, 5.74) is 0. The fourth-order valence-corrected chi connectivity index (χ4v) is 8.09. The van der Waals surface area contributed by atoms with Crippen molar-refractivity contribution in [1.82, 2.24) is 5.32 Å². The quantitative estimate of drug-likeness (QED) is 0.0236. The predicted octanol–water partition coefficient (Wildman–Crippen LogP) is 7.58. The Balaban J connectivity index is 2.52. The lowest BCUT2D eigenvalue weighted by Crippen LogP contribution is -2.61. The number of hydrogen-bond donors (Lipinski definition) is 7. The lowest BCUT2D eigenvalue weighted by molar-refractivity contribution is -0.298. The molecule has 1 rings (SSSR count). The zero-order valence-electron chi connectivity index (χ0n) is 35.8. The second-order valence-electron chi connectivity index (χ2n) is 16.5. The number of hydrogen-bond acceptors (Lipinski definition) is 11. The second kappa shape index (κ2) is 34.7. The van der Waals surface area contributed by atoms with Crippen LogP contribution >= 0.6 is 0 Å². The first-order valence-electron chi connectivity index (χ1n) is 23.0. The maximum Gasteiger partial charge on any atom is 0.397 e. The van der Waals surface area contributed by atoms with Gasteiger partial charge in [0.2, 0.25) is 5.91 Å². The van der Waals surface area contributed by atoms with Crippen LogP contribution in [-0.2, 0) is 28.9 Å². The molecule has 0 aromatic carbocycles. The van der Waals surface area contributed by atoms with Crippen LogP contribution in [0.15, 0.2) is 0 Å². The Kier molecular flexibility index (Phi) is 33.0. The van der Waals surface area contributed by atoms with Gasteiger partial charge < -0.3 is 40.3 Å². The molecule has 1 amide bonds. The molecule has 0 aromatic rings. The normalized spacial score (nSPS) is 21.7. The van der Waals surface area contributed by atoms with Crippen LogP contribution in [0.4, 0.5) is 0 Å². The van der Waals surface area contributed by atoms with E-state index in [-0.39, 0.29) is 6.42 Å². The van der Waals surface area contributed by atoms with Gasteiger partial charge in [-0.25, -0.2) is 4.18 Å². The second-order valence-corrected chi connectivity index (χ2v) is 17.5. The van der Waals surface area contributed by atoms with Gasteiger partial charge in [0.25, 0.3) is 0 Å². The summed E-state index contributed by atoms with van der Waals surface area (Å²) >= 11 is 0. The molecule has 0 radical (unpaired) electrons. The molecule has 0 spiro atoms. The first-order valence-corrected chi connectivity index (χ1v) is 24.4. The summed E-state index contributed by atoms with van der Waals surface area (Å²) in [6.45, 7) is 3.27. The van der Waals surface area contributed by atoms with Gasteiger partial charge in [-0.05, 0) is 12.8 Å². The third kappa shape index (κ3) is 27.5. The average molecular weight is 840 g/mol. The van der Waals surface area contributed by atoms with Gasteiger partial charge >= 0.3 is 10.4 Å². The van der Waals surface area contributed by atoms with Crippen LogP contribution in [0.1, 0.15) is 206 Å². The van der Waals surface area contributed by atoms with Crippen LogP contribution in [0.3, 0.4) is 0 Å². The van der Waals surface area contributed by atoms with Crippen LogP contribution in [0.25, 0.3) is 0 Å². The van der Waals surface area contributed by atoms with Gasteiger partial charge in [-0.3, -0.25) is 9.35 Å². The molecule has 1 fully saturated rings. The van der Waals surface area contributed by atoms with Gasteiger partial charge in [-0.15, -0.1) is 0 Å². The molecule has 1 heterocycles. The summed E-state index contributed by atoms with van der Waals surface area (Å²) in [5, 5.41) is 55.3. The Hall–Kier alpha value is -0.940. The molecule has 57 heavy (non-hydrogen) atoms. The first kappa shape index (κ1) is 54.1. The molecule has 7 N–H and O–H groups in total. The summed E-state index contributed by atoms with van der Waals surface area (Å²) in [4.78, 5) is 13.1. The predicted molar refractivity (Wildman–Crippen MR) is 224 cm³/mol. The zero-order valence-corrected chi connectivity index (χ0v) is 36.6. The minimum absolute atomic E-state index is 0.266. The lowest BCUT2D eigenvalue weighted by atomic mass is 9.99. The molecule has 8 unspecified atom stereocenters. The Bertz CT molecular complexity index is 1050. The maximum atomic E-state index is 13.1. The van der Waals surface area contributed by atoms with Crippen molar-refractivity contribution in [3.63, 3.8) is 0 Å². The fraction of sp³-hybridized carbons (Fsp3) is 0.977. The number of aliphatic hydroxyl groups is 5. The highest BCUT2D eigenvalue weighted by Gasteiger charge is 2.48. The van der Waals surface area contributed by atoms with E-state index in [1.165, 1.54) is 128 Å². The monoisotopic (exact) mass is 840 g/mol. The van der Waals surface area contributed by atoms with Crippen LogP contribution in [0.5, 0.6) is 0 Å². The molecule has 340 valence electrons. The molecule has 0 aromatic heterocycles. The standard InChI is InChI=1S/C43H85NO12S/c1-3-5-7-9-11-13-15-16-17-18-19-20-22-24-26-28-30-32-37(47)42(50)44-35(36(46)31-29-27-25-23-21-14-12-10-8-6-4-2)34-54-43-40(49)41(56-57(51,52)53)39(48)38(33-45)55-43/h35-41,43,45-49H,3-34H2,1-2H3,(H,44,50)(H,51,52,53). The molecule has 13 nitrogen and oxygen atoms in total. The summed E-state index contributed by atoms with van der Waals surface area (Å²) in [6.07, 6.45) is 22.9. The average Bonchev–Trinajstić information content (AvgIpc) is 3.18. The molecule has 14 heteroatoms. The third-order valence-electron chi connectivity index (χ3n) is 11.3. The van der Waals surface area contributed by atoms with Crippen LogP contribution in [-0.4, -0.2) is 107 Å². The maximum absolute atomic E-state index is 13.1. The van der Waals surface area contributed by atoms with E-state index < -0.39 is 78.5 Å². The van der Waals surface area contributed by atoms with Crippen LogP contribution < -0.4 is 5.32 Å². The highest BCUT2D eigenvalue weighted by molar-refractivity contribution is 7.80. The minimum Gasteiger partial charge on any atom is -0.394 e. The van der Waals surface area contributed by atoms with Crippen molar-refractivity contribution in [3.8, 4) is 0 Å². The smallest absolute Gasteiger partial charge is 0.394 e. The topological polar surface area (TPSA) is 212 Å². The summed E-state index contributed by atoms with van der Waals surface area (Å²) in [6, 6.07) is -1.03. The Morgan fingerprint density at radius 2 is 1.02 bits per heavy atom. The van der Waals surface area contributed by atoms with Crippen molar-refractivity contribution < 1.29 is 57.0 Å². The van der Waals surface area contributed by atoms with Gasteiger partial charge in [-0.2, -0.15) is 8.42 Å². The van der Waals surface area contributed by atoms with E-state index in [0.717, 1.165) is 38.5 Å². The van der Waals surface area contributed by atoms with Gasteiger partial charge in [0.1, 0.15) is 30.5 Å². The summed E-state index contributed by atoms with van der Waals surface area (Å²) < 4.78 is 47.5. The molecule has 1 saturated heterocycles. The van der Waals surface area contributed by atoms with Gasteiger partial charge in [0.15, 0.2) is 6.29 Å². The number of ether oxygens (including phenoxy) is 2. The SMILES string of the molecule is CCCCCCCCCCCCCCCCCCCC(O)C(=O)NC(COC1OC(CO)C(O)C(OS(=O)(=O)O)C1O)C(O)CCCCCCCCCCCCC. The van der Waals surface area contributed by atoms with E-state index >= 15 is 0 Å². The van der Waals surface area contributed by atoms with E-state index in [9.17, 15) is 38.7 Å². The highest BCUT2D eigenvalue weighted by atomic mass is 32.3. The molecule has 0 bridgehead atoms. The number of aliphatic hydroxyl groups excluding tert-OH is 5. The van der Waals surface area contributed by atoms with Gasteiger partial charge in [-0.1, -0.05) is 194 Å². The summed E-state index contributed by atoms with van der Waals surface area (Å²) in [5.74, 6) is -0.667. The van der Waals surface area contributed by atoms with E-state index in [4.69, 9.17) is 14.0 Å². The Morgan fingerprint density at radius 1 is 0.632 bits per heavy atom. The first-order chi connectivity index (χ1) is 27.4. The van der Waals surface area contributed by atoms with Crippen molar-refractivity contribution in [3.05, 3.63) is 0 Å². The van der Waals surface area contributed by atoms with Crippen LogP contribution in [0, 0.1) is 0 Å². The largest absolute Gasteiger partial charge is 0.397 e. The molecule has 0 saturated carbocycles. The molecule has 1 aliphatic heterocycles. The van der Waals surface area contributed by atoms with E-state index in [2.05, 4.69) is 23.3 Å². The lowest BCUT2D eigenvalue weighted by Gasteiger charge is -2.41. The third-order valence-corrected chi connectivity index (χ3v) is 11.7. The van der Waals surface area contributed by atoms with Crippen molar-refractivity contribution in [2.75, 3.05) is 13.2 Å². The number of nitrogens with one attached hydrogen (secondary N) is 1. The molecular weight excluding hydrogens is 755 g/mol. The number of unbranched alkanes of at least 4 members (excludes halogenated alkanes) is 26. The minimum atomic E-state index is -5.10. The molecular formula is C43H85NO12S. The fourth-order valence-electron chi connectivity index (χ4n) is 7.58. The molecule has 1 aliphatic rings. The van der Waals surface area contributed by atoms with Gasteiger partial charge in [0, 0.05) is 0 Å². The van der Waals surface area contributed by atoms with Crippen molar-refractivity contribution in [2.45, 2.75) is 255 Å². The van der Waals surface area contributed by atoms with Gasteiger partial charge in [0.05, 0.1) is 25.4 Å². The van der Waals surface area contributed by atoms with Crippen molar-refractivity contribution in [2.24, 2.45) is 0 Å². The summed E-state index contributed by atoms with van der Waals surface area (Å²) in [7, 11) is -5.10. The highest BCUT2D eigenvalue weighted by Crippen LogP contribution is 2.26. The van der Waals surface area contributed by atoms with E-state index in [0.29, 0.717) is 19.3 Å².